The first-order valence-corrected chi connectivity index (χ1v) is 7.48. The number of nitrogens with one attached hydrogen (secondary N) is 1. The Bertz CT molecular complexity index is 617. The van der Waals surface area contributed by atoms with E-state index >= 15 is 0 Å². The molecule has 0 heterocycles. The van der Waals surface area contributed by atoms with E-state index in [1.807, 2.05) is 24.3 Å². The van der Waals surface area contributed by atoms with Crippen molar-refractivity contribution in [2.24, 2.45) is 0 Å². The van der Waals surface area contributed by atoms with Crippen molar-refractivity contribution in [1.29, 1.82) is 0 Å². The normalized spacial score (nSPS) is 10.1. The molecule has 0 aliphatic carbocycles. The molecule has 3 nitrogen and oxygen atoms in total. The summed E-state index contributed by atoms with van der Waals surface area (Å²) in [6, 6.07) is 12.6. The largest absolute Gasteiger partial charge is 0.417 e. The number of benzene rings is 2. The van der Waals surface area contributed by atoms with Crippen LogP contribution >= 0.6 is 48.1 Å². The van der Waals surface area contributed by atoms with E-state index in [0.29, 0.717) is 17.0 Å². The van der Waals surface area contributed by atoms with Crippen molar-refractivity contribution in [2.45, 2.75) is 0 Å². The first-order valence-electron chi connectivity index (χ1n) is 5.25. The van der Waals surface area contributed by atoms with Gasteiger partial charge in [-0.3, -0.25) is 4.79 Å². The third-order valence-electron chi connectivity index (χ3n) is 2.35. The van der Waals surface area contributed by atoms with Crippen molar-refractivity contribution in [1.82, 2.24) is 0 Å². The average molecular weight is 450 g/mol. The zero-order valence-corrected chi connectivity index (χ0v) is 14.2. The summed E-state index contributed by atoms with van der Waals surface area (Å²) in [6.45, 7) is 0. The molecule has 0 saturated carbocycles. The Hall–Kier alpha value is -0.850. The van der Waals surface area contributed by atoms with Crippen molar-refractivity contribution in [3.63, 3.8) is 0 Å². The zero-order valence-electron chi connectivity index (χ0n) is 9.49. The quantitative estimate of drug-likeness (QED) is 0.703. The zero-order chi connectivity index (χ0) is 13.8. The van der Waals surface area contributed by atoms with Gasteiger partial charge in [0.2, 0.25) is 0 Å². The smallest absolute Gasteiger partial charge is 0.259 e. The fraction of sp³-hybridized carbons (Fsp3) is 0. The third-order valence-corrected chi connectivity index (χ3v) is 3.69. The summed E-state index contributed by atoms with van der Waals surface area (Å²) < 4.78 is 6.71. The molecule has 0 aromatic heterocycles. The molecule has 0 atom stereocenters. The molecule has 2 aromatic rings. The summed E-state index contributed by atoms with van der Waals surface area (Å²) in [5.74, 6) is 0.213. The molecule has 98 valence electrons. The molecule has 1 N–H and O–H groups in total. The van der Waals surface area contributed by atoms with Crippen LogP contribution in [0.1, 0.15) is 10.4 Å². The van der Waals surface area contributed by atoms with E-state index in [9.17, 15) is 4.79 Å². The van der Waals surface area contributed by atoms with Gasteiger partial charge in [0, 0.05) is 14.6 Å². The molecule has 0 aliphatic heterocycles. The van der Waals surface area contributed by atoms with E-state index in [0.717, 1.165) is 8.95 Å². The van der Waals surface area contributed by atoms with Crippen LogP contribution in [0.2, 0.25) is 0 Å². The van der Waals surface area contributed by atoms with Gasteiger partial charge < -0.3 is 9.15 Å². The first-order chi connectivity index (χ1) is 9.10. The lowest BCUT2D eigenvalue weighted by Crippen LogP contribution is -2.12. The van der Waals surface area contributed by atoms with Gasteiger partial charge in [-0.15, -0.1) is 0 Å². The number of rotatable bonds is 3. The second-order valence-corrected chi connectivity index (χ2v) is 5.84. The van der Waals surface area contributed by atoms with E-state index in [4.69, 9.17) is 3.83 Å². The summed E-state index contributed by atoms with van der Waals surface area (Å²) in [7, 11) is 0. The van der Waals surface area contributed by atoms with Crippen LogP contribution in [0.5, 0.6) is 5.75 Å². The second-order valence-electron chi connectivity index (χ2n) is 3.68. The van der Waals surface area contributed by atoms with Crippen LogP contribution < -0.4 is 9.15 Å². The standard InChI is InChI=1S/C13H8Br3NO2/c14-8-2-1-3-10(6-8)17-13(18)11-7-9(15)4-5-12(11)19-16/h1-7H,(H,17,18). The molecule has 0 unspecified atom stereocenters. The summed E-state index contributed by atoms with van der Waals surface area (Å²) in [5.41, 5.74) is 1.14. The fourth-order valence-electron chi connectivity index (χ4n) is 1.51. The topological polar surface area (TPSA) is 38.3 Å². The van der Waals surface area contributed by atoms with E-state index in [2.05, 4.69) is 53.4 Å². The lowest BCUT2D eigenvalue weighted by Gasteiger charge is -2.09. The predicted octanol–water partition coefficient (Wildman–Crippen LogP) is 5.15. The maximum absolute atomic E-state index is 12.2. The van der Waals surface area contributed by atoms with Gasteiger partial charge in [-0.1, -0.05) is 37.9 Å². The van der Waals surface area contributed by atoms with Gasteiger partial charge >= 0.3 is 0 Å². The first kappa shape index (κ1) is 14.6. The molecule has 19 heavy (non-hydrogen) atoms. The molecule has 0 aliphatic rings. The van der Waals surface area contributed by atoms with Crippen molar-refractivity contribution in [3.05, 3.63) is 57.0 Å². The average Bonchev–Trinajstić information content (AvgIpc) is 2.38. The van der Waals surface area contributed by atoms with Crippen LogP contribution in [-0.4, -0.2) is 5.91 Å². The Morgan fingerprint density at radius 3 is 2.47 bits per heavy atom. The molecular weight excluding hydrogens is 442 g/mol. The molecule has 6 heteroatoms. The van der Waals surface area contributed by atoms with Gasteiger partial charge in [0.1, 0.15) is 5.75 Å². The van der Waals surface area contributed by atoms with E-state index in [-0.39, 0.29) is 5.91 Å². The molecule has 2 rings (SSSR count). The van der Waals surface area contributed by atoms with Gasteiger partial charge in [-0.05, 0) is 36.4 Å². The number of halogens is 3. The molecule has 1 amide bonds. The summed E-state index contributed by atoms with van der Waals surface area (Å²) in [4.78, 5) is 12.2. The molecule has 0 bridgehead atoms. The highest BCUT2D eigenvalue weighted by Crippen LogP contribution is 2.26. The van der Waals surface area contributed by atoms with Crippen molar-refractivity contribution in [2.75, 3.05) is 5.32 Å². The Kier molecular flexibility index (Phi) is 5.01. The van der Waals surface area contributed by atoms with Gasteiger partial charge in [-0.2, -0.15) is 0 Å². The van der Waals surface area contributed by atoms with Gasteiger partial charge in [0.25, 0.3) is 5.91 Å². The Morgan fingerprint density at radius 2 is 1.79 bits per heavy atom. The van der Waals surface area contributed by atoms with Crippen molar-refractivity contribution in [3.8, 4) is 5.75 Å². The number of hydrogen-bond acceptors (Lipinski definition) is 2. The maximum atomic E-state index is 12.2. The highest BCUT2D eigenvalue weighted by Gasteiger charge is 2.13. The highest BCUT2D eigenvalue weighted by molar-refractivity contribution is 9.10. The predicted molar refractivity (Wildman–Crippen MR) is 85.8 cm³/mol. The van der Waals surface area contributed by atoms with Crippen LogP contribution in [0.3, 0.4) is 0 Å². The minimum atomic E-state index is -0.242. The maximum Gasteiger partial charge on any atom is 0.259 e. The van der Waals surface area contributed by atoms with Crippen LogP contribution in [0, 0.1) is 0 Å². The van der Waals surface area contributed by atoms with E-state index in [1.165, 1.54) is 0 Å². The molecular formula is C13H8Br3NO2. The number of carbonyl (C=O) groups is 1. The lowest BCUT2D eigenvalue weighted by atomic mass is 10.2. The van der Waals surface area contributed by atoms with Crippen molar-refractivity contribution >= 4 is 59.7 Å². The number of carbonyl (C=O) groups excluding carboxylic acids is 1. The number of amides is 1. The lowest BCUT2D eigenvalue weighted by molar-refractivity contribution is 0.102. The third kappa shape index (κ3) is 3.81. The molecule has 0 radical (unpaired) electrons. The molecule has 0 spiro atoms. The second kappa shape index (κ2) is 6.54. The number of hydrogen-bond donors (Lipinski definition) is 1. The van der Waals surface area contributed by atoms with Crippen LogP contribution in [0.15, 0.2) is 51.4 Å². The minimum absolute atomic E-state index is 0.242. The summed E-state index contributed by atoms with van der Waals surface area (Å²) >= 11 is 9.59. The summed E-state index contributed by atoms with van der Waals surface area (Å²) in [5, 5.41) is 2.81. The van der Waals surface area contributed by atoms with Crippen LogP contribution in [0.4, 0.5) is 5.69 Å². The monoisotopic (exact) mass is 447 g/mol. The van der Waals surface area contributed by atoms with Gasteiger partial charge in [-0.25, -0.2) is 0 Å². The van der Waals surface area contributed by atoms with Crippen LogP contribution in [0.25, 0.3) is 0 Å². The number of anilines is 1. The Labute approximate surface area is 136 Å². The Morgan fingerprint density at radius 1 is 1.05 bits per heavy atom. The van der Waals surface area contributed by atoms with Crippen molar-refractivity contribution < 1.29 is 8.62 Å². The molecule has 2 aromatic carbocycles. The highest BCUT2D eigenvalue weighted by atomic mass is 79.9. The van der Waals surface area contributed by atoms with E-state index < -0.39 is 0 Å². The van der Waals surface area contributed by atoms with Gasteiger partial charge in [0.15, 0.2) is 16.3 Å². The summed E-state index contributed by atoms with van der Waals surface area (Å²) in [6.07, 6.45) is 0. The Balaban J connectivity index is 2.27. The molecule has 0 fully saturated rings. The van der Waals surface area contributed by atoms with Crippen LogP contribution in [-0.2, 0) is 0 Å². The fourth-order valence-corrected chi connectivity index (χ4v) is 2.55. The molecule has 0 saturated heterocycles. The minimum Gasteiger partial charge on any atom is -0.417 e. The SMILES string of the molecule is O=C(Nc1cccc(Br)c1)c1cc(Br)ccc1OBr. The van der Waals surface area contributed by atoms with E-state index in [1.54, 1.807) is 18.2 Å². The van der Waals surface area contributed by atoms with Gasteiger partial charge in [0.05, 0.1) is 5.56 Å².